The molecular weight excluding hydrogens is 350 g/mol. The molecule has 1 nitrogen and oxygen atoms in total. The second-order valence-corrected chi connectivity index (χ2v) is 8.25. The summed E-state index contributed by atoms with van der Waals surface area (Å²) in [5.41, 5.74) is 9.70. The minimum atomic E-state index is 0.594. The van der Waals surface area contributed by atoms with Gasteiger partial charge in [0.05, 0.1) is 0 Å². The smallest absolute Gasteiger partial charge is 0.0446 e. The Bertz CT molecular complexity index is 758. The van der Waals surface area contributed by atoms with Crippen LogP contribution in [0.25, 0.3) is 0 Å². The molecule has 0 spiro atoms. The van der Waals surface area contributed by atoms with Crippen molar-refractivity contribution in [3.8, 4) is 0 Å². The predicted molar refractivity (Wildman–Crippen MR) is 130 cm³/mol. The van der Waals surface area contributed by atoms with E-state index in [1.54, 1.807) is 5.57 Å². The van der Waals surface area contributed by atoms with E-state index >= 15 is 0 Å². The van der Waals surface area contributed by atoms with Gasteiger partial charge in [0.15, 0.2) is 0 Å². The molecule has 0 saturated heterocycles. The van der Waals surface area contributed by atoms with Crippen LogP contribution >= 0.6 is 0 Å². The standard InChI is InChI=1S/C28H41N/c1-7-14-22(9-3)23(10-4)20-24(11-5)28(26-17-12-18-26)29-27-19-13-16-25(15-8-2)21(27)6/h8,10-11,15,19-20,22,29H,4,7,9,12-14,16-18H2,1-3,5-6H3/b15-8-,23-20+,24-11+. The SMILES string of the molecule is C=C/C(=C\C(=C/C)C(NC1=CCCC(/C=C\C)=C1C)=C1CCC1)C(CC)CCC. The highest BCUT2D eigenvalue weighted by atomic mass is 14.9. The number of hydrogen-bond acceptors (Lipinski definition) is 1. The lowest BCUT2D eigenvalue weighted by atomic mass is 9.85. The molecule has 0 aromatic rings. The number of hydrogen-bond donors (Lipinski definition) is 1. The Kier molecular flexibility index (Phi) is 9.51. The maximum atomic E-state index is 4.14. The maximum absolute atomic E-state index is 4.14. The Balaban J connectivity index is 2.39. The molecule has 0 amide bonds. The van der Waals surface area contributed by atoms with Crippen molar-refractivity contribution < 1.29 is 0 Å². The molecule has 1 heteroatoms. The van der Waals surface area contributed by atoms with Crippen molar-refractivity contribution in [1.82, 2.24) is 5.32 Å². The first-order valence-electron chi connectivity index (χ1n) is 11.6. The van der Waals surface area contributed by atoms with Crippen LogP contribution in [-0.4, -0.2) is 0 Å². The Morgan fingerprint density at radius 2 is 1.97 bits per heavy atom. The van der Waals surface area contributed by atoms with Crippen LogP contribution in [0.3, 0.4) is 0 Å². The first-order chi connectivity index (χ1) is 14.1. The molecule has 1 saturated carbocycles. The lowest BCUT2D eigenvalue weighted by molar-refractivity contribution is 0.544. The van der Waals surface area contributed by atoms with Crippen LogP contribution in [0.5, 0.6) is 0 Å². The van der Waals surface area contributed by atoms with Gasteiger partial charge in [-0.05, 0) is 106 Å². The molecule has 0 aromatic carbocycles. The lowest BCUT2D eigenvalue weighted by Gasteiger charge is -2.28. The van der Waals surface area contributed by atoms with Gasteiger partial charge in [-0.1, -0.05) is 57.2 Å². The quantitative estimate of drug-likeness (QED) is 0.368. The largest absolute Gasteiger partial charge is 0.355 e. The second kappa shape index (κ2) is 11.9. The molecule has 1 unspecified atom stereocenters. The van der Waals surface area contributed by atoms with Crippen molar-refractivity contribution in [2.75, 3.05) is 0 Å². The van der Waals surface area contributed by atoms with Crippen molar-refractivity contribution in [3.05, 3.63) is 82.3 Å². The summed E-state index contributed by atoms with van der Waals surface area (Å²) >= 11 is 0. The molecule has 1 N–H and O–H groups in total. The fraction of sp³-hybridized carbons (Fsp3) is 0.500. The minimum absolute atomic E-state index is 0.594. The van der Waals surface area contributed by atoms with E-state index in [1.165, 1.54) is 72.2 Å². The van der Waals surface area contributed by atoms with Crippen LogP contribution in [-0.2, 0) is 0 Å². The zero-order chi connectivity index (χ0) is 21.2. The monoisotopic (exact) mass is 391 g/mol. The van der Waals surface area contributed by atoms with Crippen LogP contribution in [0, 0.1) is 5.92 Å². The molecule has 1 atom stereocenters. The van der Waals surface area contributed by atoms with Crippen molar-refractivity contribution >= 4 is 0 Å². The van der Waals surface area contributed by atoms with Gasteiger partial charge in [0.25, 0.3) is 0 Å². The summed E-state index contributed by atoms with van der Waals surface area (Å²) in [4.78, 5) is 0. The fourth-order valence-corrected chi connectivity index (χ4v) is 4.32. The Morgan fingerprint density at radius 1 is 1.21 bits per heavy atom. The Hall–Kier alpha value is -2.02. The van der Waals surface area contributed by atoms with E-state index in [-0.39, 0.29) is 0 Å². The summed E-state index contributed by atoms with van der Waals surface area (Å²) in [6, 6.07) is 0. The zero-order valence-corrected chi connectivity index (χ0v) is 19.4. The van der Waals surface area contributed by atoms with E-state index in [9.17, 15) is 0 Å². The van der Waals surface area contributed by atoms with Gasteiger partial charge in [-0.25, -0.2) is 0 Å². The average Bonchev–Trinajstić information content (AvgIpc) is 2.69. The van der Waals surface area contributed by atoms with Crippen LogP contribution in [0.4, 0.5) is 0 Å². The van der Waals surface area contributed by atoms with Gasteiger partial charge < -0.3 is 5.32 Å². The third-order valence-electron chi connectivity index (χ3n) is 6.34. The van der Waals surface area contributed by atoms with Crippen molar-refractivity contribution in [2.45, 2.75) is 86.0 Å². The molecule has 0 radical (unpaired) electrons. The summed E-state index contributed by atoms with van der Waals surface area (Å²) in [6.45, 7) is 15.2. The molecule has 0 heterocycles. The van der Waals surface area contributed by atoms with Crippen LogP contribution in [0.1, 0.15) is 86.0 Å². The van der Waals surface area contributed by atoms with Crippen molar-refractivity contribution in [2.24, 2.45) is 5.92 Å². The molecular formula is C28H41N. The summed E-state index contributed by atoms with van der Waals surface area (Å²) in [7, 11) is 0. The number of allylic oxidation sites excluding steroid dienone is 10. The molecule has 29 heavy (non-hydrogen) atoms. The molecule has 158 valence electrons. The maximum Gasteiger partial charge on any atom is 0.0446 e. The first-order valence-corrected chi connectivity index (χ1v) is 11.6. The molecule has 1 fully saturated rings. The third-order valence-corrected chi connectivity index (χ3v) is 6.34. The number of rotatable bonds is 10. The van der Waals surface area contributed by atoms with E-state index in [0.717, 1.165) is 12.8 Å². The van der Waals surface area contributed by atoms with E-state index in [1.807, 2.05) is 0 Å². The van der Waals surface area contributed by atoms with Crippen LogP contribution in [0.15, 0.2) is 82.3 Å². The van der Waals surface area contributed by atoms with Gasteiger partial charge in [0, 0.05) is 11.4 Å². The lowest BCUT2D eigenvalue weighted by Crippen LogP contribution is -2.21. The second-order valence-electron chi connectivity index (χ2n) is 8.25. The van der Waals surface area contributed by atoms with Gasteiger partial charge in [0.1, 0.15) is 0 Å². The average molecular weight is 392 g/mol. The molecule has 2 rings (SSSR count). The van der Waals surface area contributed by atoms with Crippen LogP contribution < -0.4 is 5.32 Å². The zero-order valence-electron chi connectivity index (χ0n) is 19.4. The third kappa shape index (κ3) is 5.98. The van der Waals surface area contributed by atoms with Crippen molar-refractivity contribution in [1.29, 1.82) is 0 Å². The summed E-state index contributed by atoms with van der Waals surface area (Å²) in [5.74, 6) is 0.594. The predicted octanol–water partition coefficient (Wildman–Crippen LogP) is 8.47. The normalized spacial score (nSPS) is 19.2. The van der Waals surface area contributed by atoms with Crippen molar-refractivity contribution in [3.63, 3.8) is 0 Å². The summed E-state index contributed by atoms with van der Waals surface area (Å²) in [6.07, 6.45) is 23.1. The summed E-state index contributed by atoms with van der Waals surface area (Å²) < 4.78 is 0. The first kappa shape index (κ1) is 23.3. The van der Waals surface area contributed by atoms with Gasteiger partial charge in [-0.2, -0.15) is 0 Å². The van der Waals surface area contributed by atoms with Gasteiger partial charge in [0.2, 0.25) is 0 Å². The molecule has 2 aliphatic carbocycles. The van der Waals surface area contributed by atoms with E-state index in [2.05, 4.69) is 83.0 Å². The van der Waals surface area contributed by atoms with Crippen LogP contribution in [0.2, 0.25) is 0 Å². The highest BCUT2D eigenvalue weighted by molar-refractivity contribution is 5.51. The molecule has 0 aliphatic heterocycles. The minimum Gasteiger partial charge on any atom is -0.355 e. The number of nitrogens with one attached hydrogen (secondary N) is 1. The van der Waals surface area contributed by atoms with Gasteiger partial charge in [-0.3, -0.25) is 0 Å². The molecule has 0 aromatic heterocycles. The van der Waals surface area contributed by atoms with Gasteiger partial charge >= 0.3 is 0 Å². The highest BCUT2D eigenvalue weighted by Gasteiger charge is 2.20. The molecule has 0 bridgehead atoms. The molecule has 2 aliphatic rings. The topological polar surface area (TPSA) is 12.0 Å². The van der Waals surface area contributed by atoms with E-state index < -0.39 is 0 Å². The van der Waals surface area contributed by atoms with Gasteiger partial charge in [-0.15, -0.1) is 0 Å². The Labute approximate surface area is 179 Å². The van der Waals surface area contributed by atoms with E-state index in [4.69, 9.17) is 0 Å². The highest BCUT2D eigenvalue weighted by Crippen LogP contribution is 2.35. The summed E-state index contributed by atoms with van der Waals surface area (Å²) in [5, 5.41) is 3.87. The Morgan fingerprint density at radius 3 is 2.48 bits per heavy atom. The fourth-order valence-electron chi connectivity index (χ4n) is 4.32. The van der Waals surface area contributed by atoms with E-state index in [0.29, 0.717) is 5.92 Å².